The molecule has 0 radical (unpaired) electrons. The Balaban J connectivity index is 2.85. The summed E-state index contributed by atoms with van der Waals surface area (Å²) in [5, 5.41) is 20.4. The molecular formula is C14H28O2. The SMILES string of the molecule is CCC(C)(CO)C1(O)CCCC(C)(C)CC1. The molecular weight excluding hydrogens is 200 g/mol. The van der Waals surface area contributed by atoms with Crippen molar-refractivity contribution in [1.82, 2.24) is 0 Å². The third kappa shape index (κ3) is 2.60. The van der Waals surface area contributed by atoms with Crippen LogP contribution >= 0.6 is 0 Å². The minimum absolute atomic E-state index is 0.0838. The van der Waals surface area contributed by atoms with Gasteiger partial charge in [-0.3, -0.25) is 0 Å². The normalized spacial score (nSPS) is 34.1. The second kappa shape index (κ2) is 4.66. The maximum Gasteiger partial charge on any atom is 0.0723 e. The summed E-state index contributed by atoms with van der Waals surface area (Å²) in [5.41, 5.74) is -0.674. The molecule has 0 aromatic carbocycles. The second-order valence-electron chi connectivity index (χ2n) is 6.62. The Bertz CT molecular complexity index is 231. The van der Waals surface area contributed by atoms with E-state index in [9.17, 15) is 10.2 Å². The zero-order valence-electron chi connectivity index (χ0n) is 11.3. The molecule has 0 aromatic rings. The summed E-state index contributed by atoms with van der Waals surface area (Å²) in [6, 6.07) is 0. The summed E-state index contributed by atoms with van der Waals surface area (Å²) in [4.78, 5) is 0. The molecule has 1 aliphatic carbocycles. The standard InChI is InChI=1S/C14H28O2/c1-5-13(4,11-15)14(16)8-6-7-12(2,3)9-10-14/h15-16H,5-11H2,1-4H3. The monoisotopic (exact) mass is 228 g/mol. The summed E-state index contributed by atoms with van der Waals surface area (Å²) >= 11 is 0. The molecule has 2 nitrogen and oxygen atoms in total. The van der Waals surface area contributed by atoms with E-state index in [1.807, 2.05) is 6.92 Å². The van der Waals surface area contributed by atoms with Crippen LogP contribution in [0.2, 0.25) is 0 Å². The first-order valence-electron chi connectivity index (χ1n) is 6.62. The Hall–Kier alpha value is -0.0800. The Morgan fingerprint density at radius 2 is 1.75 bits per heavy atom. The lowest BCUT2D eigenvalue weighted by atomic mass is 9.68. The van der Waals surface area contributed by atoms with Crippen molar-refractivity contribution in [3.63, 3.8) is 0 Å². The highest BCUT2D eigenvalue weighted by molar-refractivity contribution is 4.97. The van der Waals surface area contributed by atoms with E-state index in [4.69, 9.17) is 0 Å². The lowest BCUT2D eigenvalue weighted by Crippen LogP contribution is -2.48. The zero-order chi connectivity index (χ0) is 12.4. The topological polar surface area (TPSA) is 40.5 Å². The number of aliphatic hydroxyl groups excluding tert-OH is 1. The summed E-state index contributed by atoms with van der Waals surface area (Å²) in [5.74, 6) is 0. The van der Waals surface area contributed by atoms with Crippen LogP contribution in [-0.4, -0.2) is 22.4 Å². The minimum Gasteiger partial charge on any atom is -0.396 e. The molecule has 0 bridgehead atoms. The van der Waals surface area contributed by atoms with E-state index < -0.39 is 5.60 Å². The first-order valence-corrected chi connectivity index (χ1v) is 6.62. The third-order valence-corrected chi connectivity index (χ3v) is 4.91. The molecule has 0 spiro atoms. The molecule has 2 N–H and O–H groups in total. The van der Waals surface area contributed by atoms with Crippen LogP contribution in [0, 0.1) is 10.8 Å². The molecule has 0 heterocycles. The molecule has 0 aliphatic heterocycles. The van der Waals surface area contributed by atoms with Gasteiger partial charge < -0.3 is 10.2 Å². The van der Waals surface area contributed by atoms with Crippen LogP contribution in [0.15, 0.2) is 0 Å². The van der Waals surface area contributed by atoms with Gasteiger partial charge in [0.05, 0.1) is 12.2 Å². The van der Waals surface area contributed by atoms with Crippen molar-refractivity contribution < 1.29 is 10.2 Å². The van der Waals surface area contributed by atoms with E-state index in [-0.39, 0.29) is 12.0 Å². The van der Waals surface area contributed by atoms with Crippen LogP contribution in [0.25, 0.3) is 0 Å². The fourth-order valence-corrected chi connectivity index (χ4v) is 2.85. The minimum atomic E-state index is -0.676. The lowest BCUT2D eigenvalue weighted by Gasteiger charge is -2.43. The molecule has 0 aromatic heterocycles. The van der Waals surface area contributed by atoms with E-state index >= 15 is 0 Å². The molecule has 96 valence electrons. The van der Waals surface area contributed by atoms with Crippen LogP contribution in [0.5, 0.6) is 0 Å². The predicted octanol–water partition coefficient (Wildman–Crippen LogP) is 3.12. The summed E-state index contributed by atoms with van der Waals surface area (Å²) in [7, 11) is 0. The van der Waals surface area contributed by atoms with E-state index in [1.54, 1.807) is 0 Å². The van der Waals surface area contributed by atoms with Crippen molar-refractivity contribution in [2.45, 2.75) is 71.8 Å². The first kappa shape index (κ1) is 14.0. The van der Waals surface area contributed by atoms with E-state index in [0.717, 1.165) is 32.1 Å². The molecule has 1 aliphatic rings. The fourth-order valence-electron chi connectivity index (χ4n) is 2.85. The van der Waals surface area contributed by atoms with Gasteiger partial charge in [0, 0.05) is 5.41 Å². The number of aliphatic hydroxyl groups is 2. The molecule has 2 unspecified atom stereocenters. The van der Waals surface area contributed by atoms with Gasteiger partial charge in [-0.25, -0.2) is 0 Å². The molecule has 1 fully saturated rings. The zero-order valence-corrected chi connectivity index (χ0v) is 11.3. The van der Waals surface area contributed by atoms with E-state index in [0.29, 0.717) is 5.41 Å². The molecule has 16 heavy (non-hydrogen) atoms. The van der Waals surface area contributed by atoms with Crippen LogP contribution in [0.1, 0.15) is 66.2 Å². The average molecular weight is 228 g/mol. The van der Waals surface area contributed by atoms with E-state index in [1.165, 1.54) is 6.42 Å². The molecule has 1 saturated carbocycles. The van der Waals surface area contributed by atoms with Crippen molar-refractivity contribution in [1.29, 1.82) is 0 Å². The van der Waals surface area contributed by atoms with Crippen molar-refractivity contribution in [3.8, 4) is 0 Å². The Labute approximate surface area is 100 Å². The fraction of sp³-hybridized carbons (Fsp3) is 1.00. The maximum absolute atomic E-state index is 10.8. The molecule has 0 amide bonds. The van der Waals surface area contributed by atoms with Gasteiger partial charge in [0.2, 0.25) is 0 Å². The summed E-state index contributed by atoms with van der Waals surface area (Å²) in [6.45, 7) is 8.72. The Morgan fingerprint density at radius 1 is 1.12 bits per heavy atom. The maximum atomic E-state index is 10.8. The molecule has 0 saturated heterocycles. The van der Waals surface area contributed by atoms with Gasteiger partial charge in [0.1, 0.15) is 0 Å². The van der Waals surface area contributed by atoms with Gasteiger partial charge in [0.25, 0.3) is 0 Å². The predicted molar refractivity (Wildman–Crippen MR) is 67.3 cm³/mol. The Kier molecular flexibility index (Phi) is 4.07. The van der Waals surface area contributed by atoms with Gasteiger partial charge in [0.15, 0.2) is 0 Å². The highest BCUT2D eigenvalue weighted by atomic mass is 16.3. The number of hydrogen-bond acceptors (Lipinski definition) is 2. The van der Waals surface area contributed by atoms with Gasteiger partial charge in [-0.05, 0) is 37.5 Å². The average Bonchev–Trinajstić information content (AvgIpc) is 2.38. The van der Waals surface area contributed by atoms with Gasteiger partial charge in [-0.2, -0.15) is 0 Å². The molecule has 1 rings (SSSR count). The number of hydrogen-bond donors (Lipinski definition) is 2. The summed E-state index contributed by atoms with van der Waals surface area (Å²) in [6.07, 6.45) is 5.80. The van der Waals surface area contributed by atoms with Gasteiger partial charge in [-0.15, -0.1) is 0 Å². The van der Waals surface area contributed by atoms with Crippen molar-refractivity contribution >= 4 is 0 Å². The highest BCUT2D eigenvalue weighted by Crippen LogP contribution is 2.47. The van der Waals surface area contributed by atoms with Crippen molar-refractivity contribution in [2.24, 2.45) is 10.8 Å². The van der Waals surface area contributed by atoms with Crippen LogP contribution in [0.3, 0.4) is 0 Å². The second-order valence-corrected chi connectivity index (χ2v) is 6.62. The Morgan fingerprint density at radius 3 is 2.25 bits per heavy atom. The highest BCUT2D eigenvalue weighted by Gasteiger charge is 2.46. The van der Waals surface area contributed by atoms with Crippen LogP contribution < -0.4 is 0 Å². The number of rotatable bonds is 3. The molecule has 2 heteroatoms. The van der Waals surface area contributed by atoms with Gasteiger partial charge in [-0.1, -0.05) is 34.1 Å². The van der Waals surface area contributed by atoms with Crippen molar-refractivity contribution in [3.05, 3.63) is 0 Å². The van der Waals surface area contributed by atoms with Gasteiger partial charge >= 0.3 is 0 Å². The largest absolute Gasteiger partial charge is 0.396 e. The molecule has 2 atom stereocenters. The smallest absolute Gasteiger partial charge is 0.0723 e. The van der Waals surface area contributed by atoms with Crippen molar-refractivity contribution in [2.75, 3.05) is 6.61 Å². The quantitative estimate of drug-likeness (QED) is 0.729. The first-order chi connectivity index (χ1) is 7.29. The lowest BCUT2D eigenvalue weighted by molar-refractivity contribution is -0.113. The van der Waals surface area contributed by atoms with E-state index in [2.05, 4.69) is 20.8 Å². The third-order valence-electron chi connectivity index (χ3n) is 4.91. The van der Waals surface area contributed by atoms with Crippen LogP contribution in [-0.2, 0) is 0 Å². The van der Waals surface area contributed by atoms with Crippen LogP contribution in [0.4, 0.5) is 0 Å². The summed E-state index contributed by atoms with van der Waals surface area (Å²) < 4.78 is 0.